The van der Waals surface area contributed by atoms with Crippen LogP contribution in [0.15, 0.2) is 21.7 Å². The molecule has 29 heavy (non-hydrogen) atoms. The number of halogens is 1. The first-order valence-corrected chi connectivity index (χ1v) is 9.55. The standard InChI is InChI=1S/C20H23ClN4O4/c1-6-24-18-16(19(26)25(7-2)20(24)27)23(3)14(22-18)11-9-12-8-10-13(28-4)17(29-5)15(12)21/h8-11H,6-7H2,1-5H3. The van der Waals surface area contributed by atoms with Crippen molar-refractivity contribution < 1.29 is 9.47 Å². The number of fused-ring (bicyclic) bond motifs is 1. The monoisotopic (exact) mass is 418 g/mol. The third-order valence-electron chi connectivity index (χ3n) is 4.84. The van der Waals surface area contributed by atoms with Crippen molar-refractivity contribution in [1.29, 1.82) is 0 Å². The molecule has 0 unspecified atom stereocenters. The molecule has 1 aromatic carbocycles. The van der Waals surface area contributed by atoms with E-state index in [1.807, 2.05) is 6.92 Å². The number of methoxy groups -OCH3 is 2. The van der Waals surface area contributed by atoms with E-state index in [9.17, 15) is 9.59 Å². The van der Waals surface area contributed by atoms with Crippen LogP contribution < -0.4 is 20.7 Å². The summed E-state index contributed by atoms with van der Waals surface area (Å²) in [5.41, 5.74) is 0.745. The Morgan fingerprint density at radius 2 is 1.76 bits per heavy atom. The van der Waals surface area contributed by atoms with Crippen molar-refractivity contribution in [2.24, 2.45) is 7.05 Å². The number of hydrogen-bond acceptors (Lipinski definition) is 5. The Balaban J connectivity index is 2.18. The molecule has 9 heteroatoms. The Morgan fingerprint density at radius 1 is 1.07 bits per heavy atom. The Kier molecular flexibility index (Phi) is 5.83. The lowest BCUT2D eigenvalue weighted by atomic mass is 10.2. The van der Waals surface area contributed by atoms with Gasteiger partial charge < -0.3 is 14.0 Å². The lowest BCUT2D eigenvalue weighted by Gasteiger charge is -2.10. The van der Waals surface area contributed by atoms with Gasteiger partial charge in [-0.15, -0.1) is 0 Å². The lowest BCUT2D eigenvalue weighted by Crippen LogP contribution is -2.39. The van der Waals surface area contributed by atoms with E-state index in [2.05, 4.69) is 4.98 Å². The summed E-state index contributed by atoms with van der Waals surface area (Å²) < 4.78 is 15.0. The topological polar surface area (TPSA) is 80.3 Å². The van der Waals surface area contributed by atoms with Crippen LogP contribution in [-0.4, -0.2) is 32.9 Å². The number of rotatable bonds is 6. The van der Waals surface area contributed by atoms with Crippen LogP contribution in [0, 0.1) is 0 Å². The van der Waals surface area contributed by atoms with Gasteiger partial charge in [-0.3, -0.25) is 13.9 Å². The number of aryl methyl sites for hydroxylation is 2. The van der Waals surface area contributed by atoms with E-state index in [4.69, 9.17) is 21.1 Å². The van der Waals surface area contributed by atoms with Crippen molar-refractivity contribution in [2.45, 2.75) is 26.9 Å². The Bertz CT molecular complexity index is 1220. The smallest absolute Gasteiger partial charge is 0.332 e. The fraction of sp³-hybridized carbons (Fsp3) is 0.350. The molecular weight excluding hydrogens is 396 g/mol. The van der Waals surface area contributed by atoms with Crippen molar-refractivity contribution >= 4 is 34.9 Å². The number of hydrogen-bond donors (Lipinski definition) is 0. The van der Waals surface area contributed by atoms with Gasteiger partial charge in [-0.05, 0) is 43.7 Å². The molecule has 0 aliphatic heterocycles. The van der Waals surface area contributed by atoms with Crippen LogP contribution in [0.5, 0.6) is 11.5 Å². The molecule has 0 saturated carbocycles. The van der Waals surface area contributed by atoms with Gasteiger partial charge in [-0.2, -0.15) is 0 Å². The number of ether oxygens (including phenoxy) is 2. The highest BCUT2D eigenvalue weighted by atomic mass is 35.5. The Hall–Kier alpha value is -3.00. The van der Waals surface area contributed by atoms with Gasteiger partial charge in [-0.1, -0.05) is 11.6 Å². The van der Waals surface area contributed by atoms with E-state index in [0.717, 1.165) is 0 Å². The molecule has 2 aromatic heterocycles. The van der Waals surface area contributed by atoms with Crippen LogP contribution in [0.25, 0.3) is 23.3 Å². The maximum absolute atomic E-state index is 12.8. The number of benzene rings is 1. The zero-order valence-electron chi connectivity index (χ0n) is 17.0. The zero-order chi connectivity index (χ0) is 21.3. The van der Waals surface area contributed by atoms with Gasteiger partial charge in [0, 0.05) is 20.1 Å². The summed E-state index contributed by atoms with van der Waals surface area (Å²) in [6.45, 7) is 4.33. The summed E-state index contributed by atoms with van der Waals surface area (Å²) >= 11 is 6.43. The van der Waals surface area contributed by atoms with Gasteiger partial charge in [0.1, 0.15) is 5.82 Å². The molecule has 0 atom stereocenters. The van der Waals surface area contributed by atoms with Crippen LogP contribution in [-0.2, 0) is 20.1 Å². The average molecular weight is 419 g/mol. The first kappa shape index (κ1) is 20.7. The molecule has 0 amide bonds. The fourth-order valence-electron chi connectivity index (χ4n) is 3.29. The minimum absolute atomic E-state index is 0.297. The van der Waals surface area contributed by atoms with Crippen LogP contribution in [0.4, 0.5) is 0 Å². The maximum Gasteiger partial charge on any atom is 0.332 e. The minimum Gasteiger partial charge on any atom is -0.493 e. The molecule has 154 valence electrons. The molecule has 0 aliphatic rings. The minimum atomic E-state index is -0.357. The van der Waals surface area contributed by atoms with E-state index in [1.165, 1.54) is 16.2 Å². The molecule has 3 aromatic rings. The number of nitrogens with zero attached hydrogens (tertiary/aromatic N) is 4. The van der Waals surface area contributed by atoms with Crippen LogP contribution in [0.2, 0.25) is 5.02 Å². The molecule has 0 saturated heterocycles. The first-order chi connectivity index (χ1) is 13.9. The van der Waals surface area contributed by atoms with Crippen molar-refractivity contribution in [2.75, 3.05) is 14.2 Å². The summed E-state index contributed by atoms with van der Waals surface area (Å²) in [5.74, 6) is 1.50. The molecular formula is C20H23ClN4O4. The fourth-order valence-corrected chi connectivity index (χ4v) is 3.59. The molecule has 0 N–H and O–H groups in total. The number of imidazole rings is 1. The zero-order valence-corrected chi connectivity index (χ0v) is 17.8. The predicted octanol–water partition coefficient (Wildman–Crippen LogP) is 2.78. The van der Waals surface area contributed by atoms with Gasteiger partial charge in [0.15, 0.2) is 22.7 Å². The normalized spacial score (nSPS) is 11.5. The lowest BCUT2D eigenvalue weighted by molar-refractivity contribution is 0.355. The molecule has 2 heterocycles. The van der Waals surface area contributed by atoms with E-state index < -0.39 is 0 Å². The summed E-state index contributed by atoms with van der Waals surface area (Å²) in [4.78, 5) is 29.9. The molecule has 0 bridgehead atoms. The summed E-state index contributed by atoms with van der Waals surface area (Å²) in [6.07, 6.45) is 3.52. The quantitative estimate of drug-likeness (QED) is 0.615. The van der Waals surface area contributed by atoms with Crippen molar-refractivity contribution in [1.82, 2.24) is 18.7 Å². The van der Waals surface area contributed by atoms with Gasteiger partial charge in [0.25, 0.3) is 5.56 Å². The highest BCUT2D eigenvalue weighted by molar-refractivity contribution is 6.34. The third-order valence-corrected chi connectivity index (χ3v) is 5.23. The Morgan fingerprint density at radius 3 is 2.34 bits per heavy atom. The van der Waals surface area contributed by atoms with E-state index >= 15 is 0 Å². The molecule has 0 radical (unpaired) electrons. The molecule has 3 rings (SSSR count). The van der Waals surface area contributed by atoms with Gasteiger partial charge in [-0.25, -0.2) is 9.78 Å². The highest BCUT2D eigenvalue weighted by Crippen LogP contribution is 2.37. The summed E-state index contributed by atoms with van der Waals surface area (Å²) in [7, 11) is 4.81. The third kappa shape index (κ3) is 3.33. The summed E-state index contributed by atoms with van der Waals surface area (Å²) in [5, 5.41) is 0.403. The predicted molar refractivity (Wildman–Crippen MR) is 114 cm³/mol. The molecule has 0 spiro atoms. The first-order valence-electron chi connectivity index (χ1n) is 9.18. The van der Waals surface area contributed by atoms with E-state index in [0.29, 0.717) is 52.2 Å². The average Bonchev–Trinajstić information content (AvgIpc) is 3.03. The number of aromatic nitrogens is 4. The Labute approximate surface area is 172 Å². The van der Waals surface area contributed by atoms with Gasteiger partial charge in [0.05, 0.1) is 19.2 Å². The van der Waals surface area contributed by atoms with Crippen LogP contribution >= 0.6 is 11.6 Å². The summed E-state index contributed by atoms with van der Waals surface area (Å²) in [6, 6.07) is 3.56. The van der Waals surface area contributed by atoms with Gasteiger partial charge in [0.2, 0.25) is 0 Å². The van der Waals surface area contributed by atoms with Crippen molar-refractivity contribution in [3.8, 4) is 11.5 Å². The molecule has 0 fully saturated rings. The van der Waals surface area contributed by atoms with Crippen molar-refractivity contribution in [3.63, 3.8) is 0 Å². The van der Waals surface area contributed by atoms with Crippen LogP contribution in [0.3, 0.4) is 0 Å². The van der Waals surface area contributed by atoms with Crippen molar-refractivity contribution in [3.05, 3.63) is 49.4 Å². The second-order valence-electron chi connectivity index (χ2n) is 6.32. The van der Waals surface area contributed by atoms with Gasteiger partial charge >= 0.3 is 5.69 Å². The maximum atomic E-state index is 12.8. The van der Waals surface area contributed by atoms with Crippen LogP contribution in [0.1, 0.15) is 25.2 Å². The largest absolute Gasteiger partial charge is 0.493 e. The van der Waals surface area contributed by atoms with E-state index in [-0.39, 0.29) is 11.2 Å². The SMILES string of the molecule is CCn1c(=O)c2c(nc(C=Cc3ccc(OC)c(OC)c3Cl)n2C)n(CC)c1=O. The molecule has 0 aliphatic carbocycles. The molecule has 8 nitrogen and oxygen atoms in total. The highest BCUT2D eigenvalue weighted by Gasteiger charge is 2.18. The second-order valence-corrected chi connectivity index (χ2v) is 6.69. The second kappa shape index (κ2) is 8.16. The van der Waals surface area contributed by atoms with E-state index in [1.54, 1.807) is 49.9 Å².